The highest BCUT2D eigenvalue weighted by Crippen LogP contribution is 2.24. The van der Waals surface area contributed by atoms with Crippen LogP contribution in [-0.4, -0.2) is 53.1 Å². The summed E-state index contributed by atoms with van der Waals surface area (Å²) in [6, 6.07) is 5.17. The lowest BCUT2D eigenvalue weighted by Gasteiger charge is -2.31. The molecule has 1 aromatic carbocycles. The largest absolute Gasteiger partial charge is 0.508 e. The SMILES string of the molecule is C=CCN(C(=O)CNC(=O)OC(C)(C)C)C(C(=O)NCCCCC)c1ccc(O)cc1. The fourth-order valence-electron chi connectivity index (χ4n) is 2.87. The minimum atomic E-state index is -0.937. The molecule has 0 radical (unpaired) electrons. The Morgan fingerprint density at radius 1 is 1.16 bits per heavy atom. The van der Waals surface area contributed by atoms with E-state index in [2.05, 4.69) is 24.1 Å². The number of benzene rings is 1. The summed E-state index contributed by atoms with van der Waals surface area (Å²) in [7, 11) is 0. The number of hydrogen-bond acceptors (Lipinski definition) is 5. The zero-order chi connectivity index (χ0) is 23.4. The molecule has 0 saturated heterocycles. The van der Waals surface area contributed by atoms with Crippen LogP contribution in [0.1, 0.15) is 58.6 Å². The lowest BCUT2D eigenvalue weighted by molar-refractivity contribution is -0.139. The Labute approximate surface area is 184 Å². The van der Waals surface area contributed by atoms with Gasteiger partial charge >= 0.3 is 6.09 Å². The Hall–Kier alpha value is -3.03. The molecule has 1 atom stereocenters. The highest BCUT2D eigenvalue weighted by atomic mass is 16.6. The quantitative estimate of drug-likeness (QED) is 0.367. The van der Waals surface area contributed by atoms with Crippen molar-refractivity contribution in [2.45, 2.75) is 58.6 Å². The van der Waals surface area contributed by atoms with E-state index in [1.807, 2.05) is 0 Å². The molecule has 0 fully saturated rings. The van der Waals surface area contributed by atoms with Crippen molar-refractivity contribution in [1.29, 1.82) is 0 Å². The molecule has 3 N–H and O–H groups in total. The number of amides is 3. The number of hydrogen-bond donors (Lipinski definition) is 3. The summed E-state index contributed by atoms with van der Waals surface area (Å²) in [5.74, 6) is -0.749. The molecule has 1 unspecified atom stereocenters. The van der Waals surface area contributed by atoms with Crippen LogP contribution < -0.4 is 10.6 Å². The molecule has 1 aromatic rings. The topological polar surface area (TPSA) is 108 Å². The molecule has 8 nitrogen and oxygen atoms in total. The van der Waals surface area contributed by atoms with Gasteiger partial charge in [-0.05, 0) is 44.9 Å². The summed E-state index contributed by atoms with van der Waals surface area (Å²) in [6.45, 7) is 11.2. The summed E-state index contributed by atoms with van der Waals surface area (Å²) in [6.07, 6.45) is 3.64. The number of rotatable bonds is 11. The van der Waals surface area contributed by atoms with Gasteiger partial charge in [-0.1, -0.05) is 38.0 Å². The normalized spacial score (nSPS) is 11.9. The molecule has 0 aliphatic heterocycles. The number of carbonyl (C=O) groups excluding carboxylic acids is 3. The summed E-state index contributed by atoms with van der Waals surface area (Å²) in [5.41, 5.74) is -0.154. The van der Waals surface area contributed by atoms with Crippen LogP contribution in [0.2, 0.25) is 0 Å². The molecule has 0 saturated carbocycles. The third-order valence-electron chi connectivity index (χ3n) is 4.28. The van der Waals surface area contributed by atoms with Crippen LogP contribution >= 0.6 is 0 Å². The lowest BCUT2D eigenvalue weighted by Crippen LogP contribution is -2.48. The molecule has 1 rings (SSSR count). The van der Waals surface area contributed by atoms with Gasteiger partial charge in [0, 0.05) is 13.1 Å². The highest BCUT2D eigenvalue weighted by Gasteiger charge is 2.31. The number of nitrogens with zero attached hydrogens (tertiary/aromatic N) is 1. The van der Waals surface area contributed by atoms with E-state index in [1.54, 1.807) is 32.9 Å². The van der Waals surface area contributed by atoms with E-state index >= 15 is 0 Å². The average Bonchev–Trinajstić information content (AvgIpc) is 2.69. The second kappa shape index (κ2) is 12.6. The monoisotopic (exact) mass is 433 g/mol. The first-order chi connectivity index (χ1) is 14.6. The van der Waals surface area contributed by atoms with Gasteiger partial charge in [0.05, 0.1) is 0 Å². The van der Waals surface area contributed by atoms with Crippen molar-refractivity contribution in [3.63, 3.8) is 0 Å². The minimum absolute atomic E-state index is 0.0547. The number of phenolic OH excluding ortho intramolecular Hbond substituents is 1. The van der Waals surface area contributed by atoms with Gasteiger partial charge in [-0.15, -0.1) is 6.58 Å². The molecule has 0 heterocycles. The number of aromatic hydroxyl groups is 1. The van der Waals surface area contributed by atoms with E-state index in [1.165, 1.54) is 23.1 Å². The molecule has 8 heteroatoms. The van der Waals surface area contributed by atoms with Crippen LogP contribution in [0.5, 0.6) is 5.75 Å². The van der Waals surface area contributed by atoms with Gasteiger partial charge in [0.25, 0.3) is 0 Å². The Balaban J connectivity index is 3.03. The van der Waals surface area contributed by atoms with Crippen molar-refractivity contribution < 1.29 is 24.2 Å². The van der Waals surface area contributed by atoms with E-state index in [-0.39, 0.29) is 24.7 Å². The van der Waals surface area contributed by atoms with Crippen LogP contribution in [0.25, 0.3) is 0 Å². The minimum Gasteiger partial charge on any atom is -0.508 e. The Morgan fingerprint density at radius 2 is 1.81 bits per heavy atom. The van der Waals surface area contributed by atoms with E-state index in [0.29, 0.717) is 12.1 Å². The van der Waals surface area contributed by atoms with Crippen LogP contribution in [0.4, 0.5) is 4.79 Å². The number of alkyl carbamates (subject to hydrolysis) is 1. The van der Waals surface area contributed by atoms with Crippen molar-refractivity contribution in [3.05, 3.63) is 42.5 Å². The Morgan fingerprint density at radius 3 is 2.35 bits per heavy atom. The van der Waals surface area contributed by atoms with Crippen molar-refractivity contribution in [3.8, 4) is 5.75 Å². The van der Waals surface area contributed by atoms with Crippen molar-refractivity contribution in [2.24, 2.45) is 0 Å². The summed E-state index contributed by atoms with van der Waals surface area (Å²) >= 11 is 0. The first-order valence-corrected chi connectivity index (χ1v) is 10.5. The van der Waals surface area contributed by atoms with Gasteiger partial charge < -0.3 is 25.4 Å². The number of phenols is 1. The van der Waals surface area contributed by atoms with Gasteiger partial charge in [0.15, 0.2) is 0 Å². The second-order valence-electron chi connectivity index (χ2n) is 8.18. The molecule has 172 valence electrons. The van der Waals surface area contributed by atoms with E-state index < -0.39 is 23.6 Å². The van der Waals surface area contributed by atoms with E-state index in [0.717, 1.165) is 19.3 Å². The predicted octanol–water partition coefficient (Wildman–Crippen LogP) is 3.28. The molecule has 31 heavy (non-hydrogen) atoms. The van der Waals surface area contributed by atoms with Gasteiger partial charge in [-0.2, -0.15) is 0 Å². The zero-order valence-electron chi connectivity index (χ0n) is 18.9. The Kier molecular flexibility index (Phi) is 10.6. The Bertz CT molecular complexity index is 741. The molecular formula is C23H35N3O5. The van der Waals surface area contributed by atoms with Crippen LogP contribution in [0, 0.1) is 0 Å². The molecule has 0 aliphatic carbocycles. The van der Waals surface area contributed by atoms with Crippen molar-refractivity contribution in [2.75, 3.05) is 19.6 Å². The third-order valence-corrected chi connectivity index (χ3v) is 4.28. The van der Waals surface area contributed by atoms with Crippen LogP contribution in [0.3, 0.4) is 0 Å². The molecule has 0 bridgehead atoms. The lowest BCUT2D eigenvalue weighted by atomic mass is 10.0. The van der Waals surface area contributed by atoms with Gasteiger partial charge in [0.1, 0.15) is 23.9 Å². The first kappa shape index (κ1) is 26.0. The van der Waals surface area contributed by atoms with E-state index in [4.69, 9.17) is 4.74 Å². The summed E-state index contributed by atoms with van der Waals surface area (Å²) in [5, 5.41) is 14.9. The standard InChI is InChI=1S/C23H35N3O5/c1-6-8-9-14-24-21(29)20(17-10-12-18(27)13-11-17)26(15-7-2)19(28)16-25-22(30)31-23(3,4)5/h7,10-13,20,27H,2,6,8-9,14-16H2,1,3-5H3,(H,24,29)(H,25,30). The van der Waals surface area contributed by atoms with Crippen LogP contribution in [-0.2, 0) is 14.3 Å². The molecule has 0 spiro atoms. The van der Waals surface area contributed by atoms with Gasteiger partial charge in [0.2, 0.25) is 11.8 Å². The zero-order valence-corrected chi connectivity index (χ0v) is 18.9. The molecular weight excluding hydrogens is 398 g/mol. The van der Waals surface area contributed by atoms with Gasteiger partial charge in [-0.3, -0.25) is 9.59 Å². The molecule has 3 amide bonds. The highest BCUT2D eigenvalue weighted by molar-refractivity contribution is 5.90. The fraction of sp³-hybridized carbons (Fsp3) is 0.522. The number of nitrogens with one attached hydrogen (secondary N) is 2. The first-order valence-electron chi connectivity index (χ1n) is 10.5. The molecule has 0 aliphatic rings. The number of unbranched alkanes of at least 4 members (excludes halogenated alkanes) is 2. The van der Waals surface area contributed by atoms with E-state index in [9.17, 15) is 19.5 Å². The van der Waals surface area contributed by atoms with Crippen molar-refractivity contribution in [1.82, 2.24) is 15.5 Å². The maximum absolute atomic E-state index is 13.0. The number of carbonyl (C=O) groups is 3. The number of ether oxygens (including phenoxy) is 1. The maximum Gasteiger partial charge on any atom is 0.408 e. The summed E-state index contributed by atoms with van der Waals surface area (Å²) < 4.78 is 5.16. The van der Waals surface area contributed by atoms with Gasteiger partial charge in [-0.25, -0.2) is 4.79 Å². The third kappa shape index (κ3) is 9.55. The average molecular weight is 434 g/mol. The predicted molar refractivity (Wildman–Crippen MR) is 120 cm³/mol. The molecule has 0 aromatic heterocycles. The van der Waals surface area contributed by atoms with Crippen LogP contribution in [0.15, 0.2) is 36.9 Å². The fourth-order valence-corrected chi connectivity index (χ4v) is 2.87. The van der Waals surface area contributed by atoms with Crippen molar-refractivity contribution >= 4 is 17.9 Å². The maximum atomic E-state index is 13.0. The smallest absolute Gasteiger partial charge is 0.408 e. The second-order valence-corrected chi connectivity index (χ2v) is 8.18. The summed E-state index contributed by atoms with van der Waals surface area (Å²) in [4.78, 5) is 39.2.